The van der Waals surface area contributed by atoms with E-state index in [4.69, 9.17) is 0 Å². The third kappa shape index (κ3) is 4.68. The molecule has 0 bridgehead atoms. The molecule has 0 spiro atoms. The average Bonchev–Trinajstić information content (AvgIpc) is 2.62. The van der Waals surface area contributed by atoms with Crippen molar-refractivity contribution in [3.05, 3.63) is 65.2 Å². The number of rotatable bonds is 3. The number of carbonyl (C=O) groups is 1. The zero-order valence-electron chi connectivity index (χ0n) is 15.8. The van der Waals surface area contributed by atoms with Gasteiger partial charge >= 0.3 is 0 Å². The van der Waals surface area contributed by atoms with E-state index in [1.54, 1.807) is 11.9 Å². The van der Waals surface area contributed by atoms with Crippen molar-refractivity contribution < 1.29 is 13.6 Å². The van der Waals surface area contributed by atoms with Crippen molar-refractivity contribution in [3.63, 3.8) is 0 Å². The Morgan fingerprint density at radius 3 is 2.00 bits per heavy atom. The second kappa shape index (κ2) is 7.98. The van der Waals surface area contributed by atoms with Crippen LogP contribution in [0.2, 0.25) is 0 Å². The number of benzene rings is 2. The van der Waals surface area contributed by atoms with E-state index in [9.17, 15) is 13.6 Å². The first kappa shape index (κ1) is 19.8. The summed E-state index contributed by atoms with van der Waals surface area (Å²) in [6.07, 6.45) is 0. The summed E-state index contributed by atoms with van der Waals surface area (Å²) < 4.78 is 29.8. The van der Waals surface area contributed by atoms with Crippen molar-refractivity contribution in [1.82, 2.24) is 9.21 Å². The summed E-state index contributed by atoms with van der Waals surface area (Å²) in [5.74, 6) is -2.20. The van der Waals surface area contributed by atoms with Gasteiger partial charge in [-0.2, -0.15) is 0 Å². The molecular formula is C21H24F2N2OS. The fourth-order valence-corrected chi connectivity index (χ4v) is 3.91. The van der Waals surface area contributed by atoms with Crippen molar-refractivity contribution in [3.8, 4) is 0 Å². The molecule has 1 heterocycles. The maximum atomic E-state index is 13.8. The Hall–Kier alpha value is -1.92. The Bertz CT molecular complexity index is 790. The maximum absolute atomic E-state index is 13.8. The highest BCUT2D eigenvalue weighted by Gasteiger charge is 2.26. The van der Waals surface area contributed by atoms with Crippen LogP contribution in [-0.4, -0.2) is 41.3 Å². The maximum Gasteiger partial charge on any atom is 0.259 e. The monoisotopic (exact) mass is 390 g/mol. The largest absolute Gasteiger partial charge is 0.336 e. The molecule has 0 aliphatic carbocycles. The van der Waals surface area contributed by atoms with Crippen LogP contribution in [0, 0.1) is 11.6 Å². The Labute approximate surface area is 163 Å². The van der Waals surface area contributed by atoms with Crippen LogP contribution in [0.3, 0.4) is 0 Å². The quantitative estimate of drug-likeness (QED) is 0.708. The summed E-state index contributed by atoms with van der Waals surface area (Å²) in [5, 5.41) is 0. The van der Waals surface area contributed by atoms with E-state index in [2.05, 4.69) is 49.3 Å². The predicted octanol–water partition coefficient (Wildman–Crippen LogP) is 4.73. The molecule has 3 rings (SSSR count). The lowest BCUT2D eigenvalue weighted by molar-refractivity contribution is 0.0694. The molecule has 0 saturated carbocycles. The van der Waals surface area contributed by atoms with Gasteiger partial charge in [-0.1, -0.05) is 39.0 Å². The molecule has 1 fully saturated rings. The lowest BCUT2D eigenvalue weighted by atomic mass is 9.87. The number of hydrogen-bond donors (Lipinski definition) is 0. The second-order valence-electron chi connectivity index (χ2n) is 7.68. The van der Waals surface area contributed by atoms with Crippen LogP contribution >= 0.6 is 11.9 Å². The third-order valence-corrected chi connectivity index (χ3v) is 5.76. The number of carbonyl (C=O) groups excluding carboxylic acids is 1. The van der Waals surface area contributed by atoms with Gasteiger partial charge in [-0.3, -0.25) is 4.79 Å². The van der Waals surface area contributed by atoms with Crippen LogP contribution in [-0.2, 0) is 5.41 Å². The fourth-order valence-electron chi connectivity index (χ4n) is 3.01. The van der Waals surface area contributed by atoms with Crippen molar-refractivity contribution >= 4 is 17.9 Å². The molecule has 0 radical (unpaired) electrons. The summed E-state index contributed by atoms with van der Waals surface area (Å²) in [6, 6.07) is 12.0. The molecule has 2 aromatic rings. The number of halogens is 2. The molecular weight excluding hydrogens is 366 g/mol. The average molecular weight is 390 g/mol. The number of hydrogen-bond acceptors (Lipinski definition) is 3. The fraction of sp³-hybridized carbons (Fsp3) is 0.381. The van der Waals surface area contributed by atoms with E-state index in [1.165, 1.54) is 16.5 Å². The lowest BCUT2D eigenvalue weighted by Gasteiger charge is -2.34. The Balaban J connectivity index is 1.58. The zero-order valence-corrected chi connectivity index (χ0v) is 16.7. The van der Waals surface area contributed by atoms with Gasteiger partial charge in [0.2, 0.25) is 0 Å². The topological polar surface area (TPSA) is 23.6 Å². The first-order chi connectivity index (χ1) is 12.8. The van der Waals surface area contributed by atoms with E-state index in [0.717, 1.165) is 17.0 Å². The standard InChI is InChI=1S/C21H24F2N2OS/c1-21(2,3)15-7-9-16(10-8-15)27-25-13-11-24(12-14-25)20(26)19-17(22)5-4-6-18(19)23/h4-10H,11-14H2,1-3H3. The third-order valence-electron chi connectivity index (χ3n) is 4.66. The number of piperazine rings is 1. The molecule has 6 heteroatoms. The van der Waals surface area contributed by atoms with E-state index >= 15 is 0 Å². The van der Waals surface area contributed by atoms with Crippen molar-refractivity contribution in [2.24, 2.45) is 0 Å². The highest BCUT2D eigenvalue weighted by Crippen LogP contribution is 2.28. The molecule has 27 heavy (non-hydrogen) atoms. The molecule has 0 aromatic heterocycles. The molecule has 0 N–H and O–H groups in total. The van der Waals surface area contributed by atoms with Crippen molar-refractivity contribution in [1.29, 1.82) is 0 Å². The van der Waals surface area contributed by atoms with Crippen LogP contribution in [0.15, 0.2) is 47.4 Å². The highest BCUT2D eigenvalue weighted by molar-refractivity contribution is 7.97. The van der Waals surface area contributed by atoms with Crippen LogP contribution in [0.4, 0.5) is 8.78 Å². The van der Waals surface area contributed by atoms with Gasteiger partial charge in [0.15, 0.2) is 0 Å². The molecule has 1 aliphatic rings. The first-order valence-electron chi connectivity index (χ1n) is 9.02. The predicted molar refractivity (Wildman–Crippen MR) is 105 cm³/mol. The van der Waals surface area contributed by atoms with Gasteiger partial charge in [-0.05, 0) is 47.2 Å². The summed E-state index contributed by atoms with van der Waals surface area (Å²) in [6.45, 7) is 8.73. The van der Waals surface area contributed by atoms with Gasteiger partial charge in [0.1, 0.15) is 17.2 Å². The van der Waals surface area contributed by atoms with Gasteiger partial charge in [-0.15, -0.1) is 0 Å². The Morgan fingerprint density at radius 2 is 1.48 bits per heavy atom. The summed E-state index contributed by atoms with van der Waals surface area (Å²) in [7, 11) is 0. The van der Waals surface area contributed by atoms with Crippen molar-refractivity contribution in [2.75, 3.05) is 26.2 Å². The Morgan fingerprint density at radius 1 is 0.926 bits per heavy atom. The number of nitrogens with zero attached hydrogens (tertiary/aromatic N) is 2. The van der Waals surface area contributed by atoms with Gasteiger partial charge in [0.05, 0.1) is 0 Å². The zero-order chi connectivity index (χ0) is 19.6. The summed E-state index contributed by atoms with van der Waals surface area (Å²) in [4.78, 5) is 15.1. The van der Waals surface area contributed by atoms with Gasteiger partial charge in [0, 0.05) is 31.1 Å². The van der Waals surface area contributed by atoms with E-state index < -0.39 is 23.1 Å². The lowest BCUT2D eigenvalue weighted by Crippen LogP contribution is -2.46. The summed E-state index contributed by atoms with van der Waals surface area (Å²) >= 11 is 1.65. The van der Waals surface area contributed by atoms with Gasteiger partial charge in [0.25, 0.3) is 5.91 Å². The van der Waals surface area contributed by atoms with E-state index in [1.807, 2.05) is 0 Å². The van der Waals surface area contributed by atoms with Crippen molar-refractivity contribution in [2.45, 2.75) is 31.1 Å². The minimum Gasteiger partial charge on any atom is -0.336 e. The molecule has 3 nitrogen and oxygen atoms in total. The second-order valence-corrected chi connectivity index (χ2v) is 8.85. The Kier molecular flexibility index (Phi) is 5.86. The van der Waals surface area contributed by atoms with Gasteiger partial charge in [-0.25, -0.2) is 13.1 Å². The molecule has 1 aliphatic heterocycles. The molecule has 1 amide bonds. The van der Waals surface area contributed by atoms with Crippen LogP contribution in [0.1, 0.15) is 36.7 Å². The normalized spacial score (nSPS) is 15.8. The van der Waals surface area contributed by atoms with Crippen LogP contribution < -0.4 is 0 Å². The first-order valence-corrected chi connectivity index (χ1v) is 9.80. The number of amides is 1. The van der Waals surface area contributed by atoms with Crippen LogP contribution in [0.5, 0.6) is 0 Å². The molecule has 1 saturated heterocycles. The SMILES string of the molecule is CC(C)(C)c1ccc(SN2CCN(C(=O)c3c(F)cccc3F)CC2)cc1. The van der Waals surface area contributed by atoms with E-state index in [0.29, 0.717) is 26.2 Å². The van der Waals surface area contributed by atoms with Gasteiger partial charge < -0.3 is 4.90 Å². The molecule has 2 aromatic carbocycles. The molecule has 144 valence electrons. The molecule has 0 unspecified atom stereocenters. The molecule has 0 atom stereocenters. The smallest absolute Gasteiger partial charge is 0.259 e. The van der Waals surface area contributed by atoms with E-state index in [-0.39, 0.29) is 5.41 Å². The highest BCUT2D eigenvalue weighted by atomic mass is 32.2. The minimum atomic E-state index is -0.809. The summed E-state index contributed by atoms with van der Waals surface area (Å²) in [5.41, 5.74) is 0.947. The minimum absolute atomic E-state index is 0.122. The van der Waals surface area contributed by atoms with Crippen LogP contribution in [0.25, 0.3) is 0 Å².